The van der Waals surface area contributed by atoms with Gasteiger partial charge in [0, 0.05) is 24.7 Å². The molecule has 3 rings (SSSR count). The Morgan fingerprint density at radius 2 is 2.17 bits per heavy atom. The van der Waals surface area contributed by atoms with Crippen molar-refractivity contribution in [3.63, 3.8) is 0 Å². The third-order valence-electron chi connectivity index (χ3n) is 4.24. The lowest BCUT2D eigenvalue weighted by Gasteiger charge is -2.23. The van der Waals surface area contributed by atoms with Crippen LogP contribution in [0.2, 0.25) is 5.02 Å². The van der Waals surface area contributed by atoms with Crippen molar-refractivity contribution in [1.82, 2.24) is 5.32 Å². The van der Waals surface area contributed by atoms with Crippen LogP contribution in [0.25, 0.3) is 0 Å². The third kappa shape index (κ3) is 5.52. The zero-order valence-corrected chi connectivity index (χ0v) is 15.1. The summed E-state index contributed by atoms with van der Waals surface area (Å²) in [6, 6.07) is 5.48. The van der Waals surface area contributed by atoms with Gasteiger partial charge in [0.2, 0.25) is 5.91 Å². The van der Waals surface area contributed by atoms with Gasteiger partial charge in [0.15, 0.2) is 0 Å². The molecule has 0 aromatic heterocycles. The number of benzene rings is 1. The van der Waals surface area contributed by atoms with Gasteiger partial charge in [-0.2, -0.15) is 0 Å². The molecule has 1 unspecified atom stereocenters. The predicted molar refractivity (Wildman–Crippen MR) is 97.4 cm³/mol. The van der Waals surface area contributed by atoms with E-state index in [0.717, 1.165) is 19.4 Å². The fourth-order valence-corrected chi connectivity index (χ4v) is 3.27. The van der Waals surface area contributed by atoms with Crippen LogP contribution in [0.1, 0.15) is 32.1 Å². The van der Waals surface area contributed by atoms with Crippen molar-refractivity contribution in [2.75, 3.05) is 25.1 Å². The van der Waals surface area contributed by atoms with Crippen LogP contribution >= 0.6 is 24.0 Å². The highest BCUT2D eigenvalue weighted by molar-refractivity contribution is 6.32. The molecular weight excluding hydrogens is 351 g/mol. The number of ether oxygens (including phenoxy) is 2. The molecule has 1 atom stereocenters. The Hall–Kier alpha value is -1.01. The second-order valence-corrected chi connectivity index (χ2v) is 6.55. The lowest BCUT2D eigenvalue weighted by atomic mass is 10.2. The van der Waals surface area contributed by atoms with Crippen LogP contribution in [0.4, 0.5) is 5.69 Å². The fourth-order valence-electron chi connectivity index (χ4n) is 3.05. The summed E-state index contributed by atoms with van der Waals surface area (Å²) >= 11 is 6.27. The molecule has 1 aliphatic heterocycles. The molecule has 7 heteroatoms. The molecule has 2 aliphatic rings. The van der Waals surface area contributed by atoms with Crippen LogP contribution in [0, 0.1) is 0 Å². The highest BCUT2D eigenvalue weighted by Gasteiger charge is 2.19. The van der Waals surface area contributed by atoms with Crippen LogP contribution in [0.3, 0.4) is 0 Å². The van der Waals surface area contributed by atoms with Crippen molar-refractivity contribution < 1.29 is 14.3 Å². The van der Waals surface area contributed by atoms with Gasteiger partial charge < -0.3 is 20.1 Å². The Morgan fingerprint density at radius 1 is 1.38 bits per heavy atom. The van der Waals surface area contributed by atoms with E-state index >= 15 is 0 Å². The number of hydrogen-bond donors (Lipinski definition) is 2. The summed E-state index contributed by atoms with van der Waals surface area (Å²) in [6.07, 6.45) is 5.27. The largest absolute Gasteiger partial charge is 0.489 e. The first kappa shape index (κ1) is 19.3. The molecule has 1 saturated heterocycles. The minimum Gasteiger partial charge on any atom is -0.489 e. The lowest BCUT2D eigenvalue weighted by Crippen LogP contribution is -2.43. The fraction of sp³-hybridized carbons (Fsp3) is 0.588. The van der Waals surface area contributed by atoms with Gasteiger partial charge in [0.05, 0.1) is 24.3 Å². The number of carbonyl (C=O) groups excluding carboxylic acids is 1. The molecule has 0 radical (unpaired) electrons. The van der Waals surface area contributed by atoms with Crippen molar-refractivity contribution in [3.8, 4) is 5.75 Å². The number of amides is 1. The smallest absolute Gasteiger partial charge is 0.226 e. The molecule has 1 amide bonds. The van der Waals surface area contributed by atoms with Crippen molar-refractivity contribution in [2.24, 2.45) is 0 Å². The molecule has 0 spiro atoms. The van der Waals surface area contributed by atoms with E-state index in [0.29, 0.717) is 36.1 Å². The van der Waals surface area contributed by atoms with E-state index in [1.807, 2.05) is 12.1 Å². The van der Waals surface area contributed by atoms with Crippen molar-refractivity contribution >= 4 is 35.6 Å². The maximum Gasteiger partial charge on any atom is 0.226 e. The van der Waals surface area contributed by atoms with Crippen LogP contribution < -0.4 is 15.4 Å². The second-order valence-electron chi connectivity index (χ2n) is 6.15. The number of hydrogen-bond acceptors (Lipinski definition) is 4. The van der Waals surface area contributed by atoms with Gasteiger partial charge in [-0.05, 0) is 43.9 Å². The van der Waals surface area contributed by atoms with Crippen LogP contribution in [-0.2, 0) is 9.53 Å². The maximum atomic E-state index is 12.1. The molecule has 2 fully saturated rings. The Morgan fingerprint density at radius 3 is 2.83 bits per heavy atom. The quantitative estimate of drug-likeness (QED) is 0.828. The van der Waals surface area contributed by atoms with Crippen LogP contribution in [0.5, 0.6) is 5.75 Å². The van der Waals surface area contributed by atoms with Gasteiger partial charge in [0.25, 0.3) is 0 Å². The molecule has 134 valence electrons. The molecule has 2 N–H and O–H groups in total. The Balaban J connectivity index is 0.00000208. The highest BCUT2D eigenvalue weighted by Crippen LogP contribution is 2.31. The maximum absolute atomic E-state index is 12.1. The van der Waals surface area contributed by atoms with Crippen LogP contribution in [0.15, 0.2) is 18.2 Å². The van der Waals surface area contributed by atoms with Crippen molar-refractivity contribution in [2.45, 2.75) is 44.2 Å². The summed E-state index contributed by atoms with van der Waals surface area (Å²) in [7, 11) is 0. The van der Waals surface area contributed by atoms with E-state index in [1.165, 1.54) is 12.8 Å². The third-order valence-corrected chi connectivity index (χ3v) is 4.54. The molecule has 0 bridgehead atoms. The molecule has 1 saturated carbocycles. The number of carbonyl (C=O) groups is 1. The summed E-state index contributed by atoms with van der Waals surface area (Å²) in [5.41, 5.74) is 0.690. The topological polar surface area (TPSA) is 59.6 Å². The van der Waals surface area contributed by atoms with Gasteiger partial charge >= 0.3 is 0 Å². The number of morpholine rings is 1. The summed E-state index contributed by atoms with van der Waals surface area (Å²) in [5, 5.41) is 6.68. The minimum absolute atomic E-state index is 0. The monoisotopic (exact) mass is 374 g/mol. The van der Waals surface area contributed by atoms with Crippen molar-refractivity contribution in [1.29, 1.82) is 0 Å². The first-order valence-corrected chi connectivity index (χ1v) is 8.66. The SMILES string of the molecule is Cl.O=C(CC1COCCN1)Nc1ccc(OC2CCCC2)c(Cl)c1. The molecule has 1 aliphatic carbocycles. The summed E-state index contributed by atoms with van der Waals surface area (Å²) in [5.74, 6) is 0.646. The predicted octanol–water partition coefficient (Wildman–Crippen LogP) is 3.40. The van der Waals surface area contributed by atoms with E-state index in [1.54, 1.807) is 6.07 Å². The van der Waals surface area contributed by atoms with Crippen LogP contribution in [-0.4, -0.2) is 37.8 Å². The molecule has 1 aromatic carbocycles. The van der Waals surface area contributed by atoms with Gasteiger partial charge in [-0.3, -0.25) is 4.79 Å². The van der Waals surface area contributed by atoms with E-state index < -0.39 is 0 Å². The normalized spacial score (nSPS) is 21.1. The Bertz CT molecular complexity index is 545. The second kappa shape index (κ2) is 9.47. The zero-order valence-electron chi connectivity index (χ0n) is 13.6. The standard InChI is InChI=1S/C17H23ClN2O3.ClH/c18-15-9-12(5-6-16(15)23-14-3-1-2-4-14)20-17(21)10-13-11-22-8-7-19-13;/h5-6,9,13-14,19H,1-4,7-8,10-11H2,(H,20,21);1H. The molecular formula is C17H24Cl2N2O3. The highest BCUT2D eigenvalue weighted by atomic mass is 35.5. The number of halogens is 2. The average molecular weight is 375 g/mol. The average Bonchev–Trinajstić information content (AvgIpc) is 3.04. The minimum atomic E-state index is -0.0477. The summed E-state index contributed by atoms with van der Waals surface area (Å²) in [6.45, 7) is 2.06. The van der Waals surface area contributed by atoms with E-state index in [2.05, 4.69) is 10.6 Å². The molecule has 1 aromatic rings. The summed E-state index contributed by atoms with van der Waals surface area (Å²) in [4.78, 5) is 12.1. The van der Waals surface area contributed by atoms with E-state index in [9.17, 15) is 4.79 Å². The zero-order chi connectivity index (χ0) is 16.1. The number of nitrogens with one attached hydrogen (secondary N) is 2. The summed E-state index contributed by atoms with van der Waals surface area (Å²) < 4.78 is 11.3. The number of rotatable bonds is 5. The number of anilines is 1. The van der Waals surface area contributed by atoms with Gasteiger partial charge in [-0.1, -0.05) is 11.6 Å². The van der Waals surface area contributed by atoms with E-state index in [-0.39, 0.29) is 30.5 Å². The van der Waals surface area contributed by atoms with Crippen molar-refractivity contribution in [3.05, 3.63) is 23.2 Å². The Labute approximate surface area is 153 Å². The first-order valence-electron chi connectivity index (χ1n) is 8.28. The van der Waals surface area contributed by atoms with E-state index in [4.69, 9.17) is 21.1 Å². The molecule has 24 heavy (non-hydrogen) atoms. The first-order chi connectivity index (χ1) is 11.2. The Kier molecular flexibility index (Phi) is 7.62. The van der Waals surface area contributed by atoms with Gasteiger partial charge in [-0.25, -0.2) is 0 Å². The molecule has 1 heterocycles. The molecule has 5 nitrogen and oxygen atoms in total. The van der Waals surface area contributed by atoms with Gasteiger partial charge in [-0.15, -0.1) is 12.4 Å². The lowest BCUT2D eigenvalue weighted by molar-refractivity contribution is -0.117. The van der Waals surface area contributed by atoms with Gasteiger partial charge in [0.1, 0.15) is 5.75 Å².